The molecule has 0 N–H and O–H groups in total. The smallest absolute Gasteiger partial charge is 1.00 e. The molecule has 0 aliphatic rings. The topological polar surface area (TPSA) is 0 Å². The minimum atomic E-state index is 0. The van der Waals surface area contributed by atoms with E-state index in [0.29, 0.717) is 12.9 Å². The molecule has 0 aromatic carbocycles. The summed E-state index contributed by atoms with van der Waals surface area (Å²) < 4.78 is 0. The second-order valence-electron chi connectivity index (χ2n) is 0.0476. The van der Waals surface area contributed by atoms with Crippen molar-refractivity contribution >= 4 is 28.7 Å². The van der Waals surface area contributed by atoms with E-state index in [1.165, 1.54) is 0 Å². The van der Waals surface area contributed by atoms with Crippen LogP contribution in [0.15, 0.2) is 0 Å². The predicted molar refractivity (Wildman–Crippen MR) is 23.0 cm³/mol. The quantitative estimate of drug-likeness (QED) is 0.336. The van der Waals surface area contributed by atoms with Gasteiger partial charge in [0.15, 0.2) is 0 Å². The number of rotatable bonds is 0. The molecule has 5 heteroatoms. The van der Waals surface area contributed by atoms with Gasteiger partial charge in [-0.3, -0.25) is 0 Å². The standard InChI is InChI=1S/BH4.2ClH.Co.Na/h1H4;2*1H;;/q-1;;;+2;+1/p-2. The molecule has 0 spiro atoms. The van der Waals surface area contributed by atoms with Crippen molar-refractivity contribution in [2.75, 3.05) is 0 Å². The molecule has 0 aromatic rings. The van der Waals surface area contributed by atoms with E-state index >= 15 is 0 Å². The third-order valence-corrected chi connectivity index (χ3v) is 0. The van der Waals surface area contributed by atoms with Crippen LogP contribution in [-0.2, 0) is 12.9 Å². The summed E-state index contributed by atoms with van der Waals surface area (Å²) >= 11 is 0.382. The summed E-state index contributed by atoms with van der Waals surface area (Å²) in [6.07, 6.45) is 0. The molecular weight excluding hydrogens is 164 g/mol. The van der Waals surface area contributed by atoms with Crippen molar-refractivity contribution in [2.45, 2.75) is 0 Å². The zero-order valence-electron chi connectivity index (χ0n) is 2.09. The fourth-order valence-electron chi connectivity index (χ4n) is 0. The van der Waals surface area contributed by atoms with E-state index in [9.17, 15) is 0 Å². The van der Waals surface area contributed by atoms with Gasteiger partial charge >= 0.3 is 62.7 Å². The molecule has 0 heterocycles. The Labute approximate surface area is 70.3 Å². The molecule has 0 nitrogen and oxygen atoms in total. The normalized spacial score (nSPS) is 4.40. The molecular formula is H4BCl2CoNa. The molecule has 0 rings (SSSR count). The Hall–Kier alpha value is 2.15. The van der Waals surface area contributed by atoms with Crippen LogP contribution >= 0.6 is 20.3 Å². The van der Waals surface area contributed by atoms with Crippen molar-refractivity contribution in [3.63, 3.8) is 0 Å². The largest absolute Gasteiger partial charge is 1.00 e. The Kier molecular flexibility index (Phi) is 51.6. The third-order valence-electron chi connectivity index (χ3n) is 0. The van der Waals surface area contributed by atoms with Gasteiger partial charge in [-0.05, 0) is 0 Å². The van der Waals surface area contributed by atoms with Crippen LogP contribution < -0.4 is 29.6 Å². The SMILES string of the molecule is [BH4-].[Cl][Co][Cl].[Na+]. The summed E-state index contributed by atoms with van der Waals surface area (Å²) in [5, 5.41) is 0. The fraction of sp³-hybridized carbons (Fsp3) is 0. The molecule has 0 aromatic heterocycles. The van der Waals surface area contributed by atoms with Crippen molar-refractivity contribution in [1.82, 2.24) is 0 Å². The molecule has 0 atom stereocenters. The molecule has 0 saturated heterocycles. The first-order valence-corrected chi connectivity index (χ1v) is 3.12. The Morgan fingerprint density at radius 3 is 1.20 bits per heavy atom. The summed E-state index contributed by atoms with van der Waals surface area (Å²) in [5.41, 5.74) is 0. The third kappa shape index (κ3) is 22.9. The summed E-state index contributed by atoms with van der Waals surface area (Å²) in [6.45, 7) is 0. The van der Waals surface area contributed by atoms with E-state index < -0.39 is 0 Å². The summed E-state index contributed by atoms with van der Waals surface area (Å²) in [7, 11) is 9.47. The van der Waals surface area contributed by atoms with Crippen LogP contribution in [0.1, 0.15) is 0 Å². The van der Waals surface area contributed by atoms with Crippen LogP contribution in [0.3, 0.4) is 0 Å². The average Bonchev–Trinajstić information content (AvgIpc) is 0.918. The zero-order chi connectivity index (χ0) is 2.71. The van der Waals surface area contributed by atoms with Crippen LogP contribution in [-0.4, -0.2) is 8.41 Å². The van der Waals surface area contributed by atoms with Crippen molar-refractivity contribution in [3.8, 4) is 0 Å². The Morgan fingerprint density at radius 2 is 1.20 bits per heavy atom. The fourth-order valence-corrected chi connectivity index (χ4v) is 0. The van der Waals surface area contributed by atoms with E-state index in [-0.39, 0.29) is 38.0 Å². The van der Waals surface area contributed by atoms with Gasteiger partial charge in [-0.1, -0.05) is 8.41 Å². The van der Waals surface area contributed by atoms with E-state index in [4.69, 9.17) is 20.3 Å². The van der Waals surface area contributed by atoms with Crippen LogP contribution in [0.5, 0.6) is 0 Å². The van der Waals surface area contributed by atoms with Crippen LogP contribution in [0, 0.1) is 0 Å². The first kappa shape index (κ1) is 15.7. The summed E-state index contributed by atoms with van der Waals surface area (Å²) in [5.74, 6) is 0. The van der Waals surface area contributed by atoms with Gasteiger partial charge in [0.2, 0.25) is 0 Å². The van der Waals surface area contributed by atoms with Crippen LogP contribution in [0.4, 0.5) is 0 Å². The number of hydrogen-bond acceptors (Lipinski definition) is 0. The van der Waals surface area contributed by atoms with Crippen molar-refractivity contribution in [1.29, 1.82) is 0 Å². The first-order valence-electron chi connectivity index (χ1n) is 0.252. The Morgan fingerprint density at radius 1 is 1.20 bits per heavy atom. The van der Waals surface area contributed by atoms with E-state index in [1.54, 1.807) is 0 Å². The van der Waals surface area contributed by atoms with Gasteiger partial charge in [0.05, 0.1) is 0 Å². The molecule has 0 aliphatic heterocycles. The van der Waals surface area contributed by atoms with Crippen LogP contribution in [0.2, 0.25) is 0 Å². The maximum atomic E-state index is 4.73. The molecule has 0 unspecified atom stereocenters. The Bertz CT molecular complexity index is 9.61. The van der Waals surface area contributed by atoms with E-state index in [0.717, 1.165) is 0 Å². The molecule has 0 radical (unpaired) electrons. The molecule has 31 valence electrons. The minimum Gasteiger partial charge on any atom is 1.00 e. The van der Waals surface area contributed by atoms with Crippen LogP contribution in [0.25, 0.3) is 0 Å². The van der Waals surface area contributed by atoms with Crippen molar-refractivity contribution in [3.05, 3.63) is 0 Å². The maximum absolute atomic E-state index is 4.73. The molecule has 0 fully saturated rings. The van der Waals surface area contributed by atoms with E-state index in [2.05, 4.69) is 0 Å². The van der Waals surface area contributed by atoms with Crippen molar-refractivity contribution < 1.29 is 42.5 Å². The first-order chi connectivity index (χ1) is 1.41. The monoisotopic (exact) mass is 167 g/mol. The van der Waals surface area contributed by atoms with E-state index in [1.807, 2.05) is 0 Å². The van der Waals surface area contributed by atoms with Gasteiger partial charge < -0.3 is 0 Å². The molecule has 0 bridgehead atoms. The molecule has 0 aliphatic carbocycles. The zero-order valence-corrected chi connectivity index (χ0v) is 6.64. The predicted octanol–water partition coefficient (Wildman–Crippen LogP) is -3.07. The molecule has 5 heavy (non-hydrogen) atoms. The molecule has 0 saturated carbocycles. The van der Waals surface area contributed by atoms with Gasteiger partial charge in [-0.25, -0.2) is 0 Å². The van der Waals surface area contributed by atoms with Gasteiger partial charge in [-0.2, -0.15) is 0 Å². The van der Waals surface area contributed by atoms with Crippen molar-refractivity contribution in [2.24, 2.45) is 0 Å². The minimum absolute atomic E-state index is 0. The summed E-state index contributed by atoms with van der Waals surface area (Å²) in [4.78, 5) is 0. The number of hydrogen-bond donors (Lipinski definition) is 0. The van der Waals surface area contributed by atoms with Gasteiger partial charge in [-0.15, -0.1) is 0 Å². The average molecular weight is 168 g/mol. The second kappa shape index (κ2) is 16.4. The maximum Gasteiger partial charge on any atom is 1.00 e. The molecule has 0 amide bonds. The second-order valence-corrected chi connectivity index (χ2v) is 1.77. The van der Waals surface area contributed by atoms with Gasteiger partial charge in [0, 0.05) is 0 Å². The number of halogens is 2. The van der Waals surface area contributed by atoms with Gasteiger partial charge in [0.1, 0.15) is 0 Å². The van der Waals surface area contributed by atoms with Gasteiger partial charge in [0.25, 0.3) is 0 Å². The Balaban J connectivity index is -0.0000000200. The summed E-state index contributed by atoms with van der Waals surface area (Å²) in [6, 6.07) is 0.